The van der Waals surface area contributed by atoms with Gasteiger partial charge in [-0.2, -0.15) is 5.10 Å². The topological polar surface area (TPSA) is 105 Å². The molecule has 6 aromatic rings. The minimum absolute atomic E-state index is 0.0716. The molecule has 7 rings (SSSR count). The van der Waals surface area contributed by atoms with Gasteiger partial charge in [0.15, 0.2) is 0 Å². The van der Waals surface area contributed by atoms with Crippen LogP contribution in [0.3, 0.4) is 0 Å². The number of aromatic nitrogens is 4. The minimum atomic E-state index is -1.06. The average Bonchev–Trinajstić information content (AvgIpc) is 3.72. The molecule has 0 saturated heterocycles. The van der Waals surface area contributed by atoms with Gasteiger partial charge in [-0.25, -0.2) is 4.79 Å². The van der Waals surface area contributed by atoms with E-state index in [0.717, 1.165) is 66.3 Å². The third kappa shape index (κ3) is 5.36. The maximum atomic E-state index is 14.9. The van der Waals surface area contributed by atoms with Crippen molar-refractivity contribution < 1.29 is 19.4 Å². The maximum absolute atomic E-state index is 14.9. The number of fused-ring (bicyclic) bond motifs is 4. The Morgan fingerprint density at radius 2 is 1.80 bits per heavy atom. The number of carbonyl (C=O) groups is 2. The lowest BCUT2D eigenvalue weighted by molar-refractivity contribution is 0.0691. The first-order chi connectivity index (χ1) is 23.4. The van der Waals surface area contributed by atoms with Gasteiger partial charge in [-0.05, 0) is 94.5 Å². The van der Waals surface area contributed by atoms with Crippen LogP contribution >= 0.6 is 23.2 Å². The fourth-order valence-electron chi connectivity index (χ4n) is 7.42. The van der Waals surface area contributed by atoms with E-state index in [9.17, 15) is 14.7 Å². The Morgan fingerprint density at radius 1 is 1.06 bits per heavy atom. The van der Waals surface area contributed by atoms with Crippen LogP contribution < -0.4 is 9.64 Å². The van der Waals surface area contributed by atoms with Crippen LogP contribution in [-0.4, -0.2) is 49.5 Å². The standard InChI is InChI=1S/C38H37Cl2N5O4/c1-19-15-25(16-20(2)33(19)40)49-14-8-10-26-27-12-13-28(39)32(31-22(4)42-43(6)23(31)5)35(27)45-21(3)18-44(37(46)36(26)45)30-11-7-9-24-17-29(38(47)48)41-34(24)30/h7,9,11-13,15-17,21,41H,8,10,14,18H2,1-6H3,(H,47,48)/t21-/m1/s1. The van der Waals surface area contributed by atoms with Crippen molar-refractivity contribution in [2.75, 3.05) is 18.1 Å². The molecule has 0 saturated carbocycles. The number of hydrogen-bond acceptors (Lipinski definition) is 4. The zero-order valence-electron chi connectivity index (χ0n) is 28.2. The van der Waals surface area contributed by atoms with Gasteiger partial charge in [-0.1, -0.05) is 41.4 Å². The number of aryl methyl sites for hydroxylation is 5. The number of ether oxygens (including phenoxy) is 1. The maximum Gasteiger partial charge on any atom is 0.352 e. The van der Waals surface area contributed by atoms with Crippen molar-refractivity contribution >= 4 is 62.6 Å². The number of carbonyl (C=O) groups excluding carboxylic acids is 1. The first-order valence-corrected chi connectivity index (χ1v) is 17.0. The molecule has 0 aliphatic carbocycles. The highest BCUT2D eigenvalue weighted by Gasteiger charge is 2.37. The van der Waals surface area contributed by atoms with Crippen molar-refractivity contribution in [2.45, 2.75) is 53.5 Å². The molecular weight excluding hydrogens is 661 g/mol. The lowest BCUT2D eigenvalue weighted by atomic mass is 9.98. The fourth-order valence-corrected chi connectivity index (χ4v) is 7.77. The molecule has 3 aromatic heterocycles. The number of H-pyrrole nitrogens is 1. The summed E-state index contributed by atoms with van der Waals surface area (Å²) in [5.41, 5.74) is 9.33. The number of aromatic amines is 1. The smallest absolute Gasteiger partial charge is 0.352 e. The van der Waals surface area contributed by atoms with Crippen LogP contribution in [0.4, 0.5) is 5.69 Å². The highest BCUT2D eigenvalue weighted by Crippen LogP contribution is 2.45. The first-order valence-electron chi connectivity index (χ1n) is 16.3. The summed E-state index contributed by atoms with van der Waals surface area (Å²) in [6, 6.07) is 14.8. The molecule has 1 atom stereocenters. The van der Waals surface area contributed by atoms with E-state index in [1.54, 1.807) is 11.0 Å². The Hall–Kier alpha value is -4.73. The highest BCUT2D eigenvalue weighted by atomic mass is 35.5. The van der Waals surface area contributed by atoms with E-state index < -0.39 is 5.97 Å². The molecule has 49 heavy (non-hydrogen) atoms. The largest absolute Gasteiger partial charge is 0.494 e. The van der Waals surface area contributed by atoms with E-state index in [-0.39, 0.29) is 17.6 Å². The zero-order valence-corrected chi connectivity index (χ0v) is 29.8. The molecule has 0 radical (unpaired) electrons. The average molecular weight is 699 g/mol. The number of nitrogens with one attached hydrogen (secondary N) is 1. The molecule has 0 spiro atoms. The number of carboxylic acids is 1. The third-order valence-electron chi connectivity index (χ3n) is 9.72. The van der Waals surface area contributed by atoms with Gasteiger partial charge >= 0.3 is 5.97 Å². The summed E-state index contributed by atoms with van der Waals surface area (Å²) in [5, 5.41) is 17.4. The number of benzene rings is 3. The highest BCUT2D eigenvalue weighted by molar-refractivity contribution is 6.35. The van der Waals surface area contributed by atoms with E-state index in [2.05, 4.69) is 16.5 Å². The van der Waals surface area contributed by atoms with Crippen molar-refractivity contribution in [3.63, 3.8) is 0 Å². The lowest BCUT2D eigenvalue weighted by Gasteiger charge is -2.34. The molecule has 4 heterocycles. The number of aromatic carboxylic acids is 1. The summed E-state index contributed by atoms with van der Waals surface area (Å²) < 4.78 is 10.2. The van der Waals surface area contributed by atoms with Crippen molar-refractivity contribution in [1.29, 1.82) is 0 Å². The van der Waals surface area contributed by atoms with Gasteiger partial charge in [0.05, 0.1) is 34.0 Å². The lowest BCUT2D eigenvalue weighted by Crippen LogP contribution is -2.42. The van der Waals surface area contributed by atoms with Gasteiger partial charge in [0.25, 0.3) is 5.91 Å². The third-order valence-corrected chi connectivity index (χ3v) is 10.6. The molecule has 1 aliphatic rings. The van der Waals surface area contributed by atoms with Gasteiger partial charge in [0.1, 0.15) is 17.1 Å². The monoisotopic (exact) mass is 697 g/mol. The van der Waals surface area contributed by atoms with Crippen LogP contribution in [0.5, 0.6) is 5.75 Å². The Morgan fingerprint density at radius 3 is 2.47 bits per heavy atom. The van der Waals surface area contributed by atoms with Crippen molar-refractivity contribution in [3.8, 4) is 16.9 Å². The van der Waals surface area contributed by atoms with Crippen LogP contribution in [-0.2, 0) is 13.5 Å². The predicted octanol–water partition coefficient (Wildman–Crippen LogP) is 8.99. The van der Waals surface area contributed by atoms with Gasteiger partial charge in [0.2, 0.25) is 0 Å². The quantitative estimate of drug-likeness (QED) is 0.155. The molecule has 2 N–H and O–H groups in total. The number of para-hydroxylation sites is 1. The predicted molar refractivity (Wildman–Crippen MR) is 195 cm³/mol. The van der Waals surface area contributed by atoms with Gasteiger partial charge < -0.3 is 24.3 Å². The van der Waals surface area contributed by atoms with Crippen molar-refractivity contribution in [1.82, 2.24) is 19.3 Å². The molecule has 0 unspecified atom stereocenters. The van der Waals surface area contributed by atoms with Gasteiger partial charge in [-0.15, -0.1) is 0 Å². The zero-order chi connectivity index (χ0) is 34.9. The molecule has 0 bridgehead atoms. The Labute approximate surface area is 294 Å². The number of rotatable bonds is 8. The number of anilines is 1. The van der Waals surface area contributed by atoms with Crippen LogP contribution in [0, 0.1) is 27.7 Å². The van der Waals surface area contributed by atoms with Crippen molar-refractivity contribution in [2.24, 2.45) is 7.05 Å². The van der Waals surface area contributed by atoms with Crippen LogP contribution in [0.15, 0.2) is 48.5 Å². The SMILES string of the molecule is Cc1cc(OCCCc2c3n(c4c(-c5c(C)nn(C)c5C)c(Cl)ccc24)[C@H](C)CN(c2cccc4cc(C(=O)O)[nH]c24)C3=O)cc(C)c1Cl. The van der Waals surface area contributed by atoms with E-state index in [1.165, 1.54) is 0 Å². The summed E-state index contributed by atoms with van der Waals surface area (Å²) >= 11 is 13.4. The fraction of sp³-hybridized carbons (Fsp3) is 0.289. The molecule has 1 aliphatic heterocycles. The molecule has 252 valence electrons. The summed E-state index contributed by atoms with van der Waals surface area (Å²) in [7, 11) is 1.92. The van der Waals surface area contributed by atoms with Gasteiger partial charge in [0, 0.05) is 52.3 Å². The molecule has 1 amide bonds. The summed E-state index contributed by atoms with van der Waals surface area (Å²) in [5.74, 6) is -0.454. The summed E-state index contributed by atoms with van der Waals surface area (Å²) in [6.07, 6.45) is 1.24. The Balaban J connectivity index is 1.37. The summed E-state index contributed by atoms with van der Waals surface area (Å²) in [6.45, 7) is 10.9. The van der Waals surface area contributed by atoms with Crippen LogP contribution in [0.1, 0.15) is 68.4 Å². The van der Waals surface area contributed by atoms with E-state index in [0.29, 0.717) is 47.9 Å². The number of halogens is 2. The number of carboxylic acid groups (broad SMARTS) is 1. The second-order valence-corrected chi connectivity index (χ2v) is 13.8. The molecule has 3 aromatic carbocycles. The second-order valence-electron chi connectivity index (χ2n) is 13.0. The van der Waals surface area contributed by atoms with Crippen LogP contribution in [0.2, 0.25) is 10.0 Å². The Bertz CT molecular complexity index is 2310. The van der Waals surface area contributed by atoms with Gasteiger partial charge in [-0.3, -0.25) is 9.48 Å². The Kier molecular flexibility index (Phi) is 8.24. The summed E-state index contributed by atoms with van der Waals surface area (Å²) in [4.78, 5) is 31.5. The minimum Gasteiger partial charge on any atom is -0.494 e. The molecule has 11 heteroatoms. The normalized spacial score (nSPS) is 14.7. The van der Waals surface area contributed by atoms with E-state index in [4.69, 9.17) is 33.0 Å². The molecular formula is C38H37Cl2N5O4. The van der Waals surface area contributed by atoms with Crippen molar-refractivity contribution in [3.05, 3.63) is 98.0 Å². The number of nitrogens with zero attached hydrogens (tertiary/aromatic N) is 4. The second kappa shape index (κ2) is 12.3. The number of hydrogen-bond donors (Lipinski definition) is 2. The molecule has 0 fully saturated rings. The molecule has 9 nitrogen and oxygen atoms in total. The van der Waals surface area contributed by atoms with Crippen LogP contribution in [0.25, 0.3) is 32.9 Å². The number of amides is 1. The van der Waals surface area contributed by atoms with E-state index in [1.807, 2.05) is 81.9 Å². The first kappa shape index (κ1) is 32.8. The van der Waals surface area contributed by atoms with E-state index >= 15 is 0 Å².